The summed E-state index contributed by atoms with van der Waals surface area (Å²) in [4.78, 5) is 0. The third-order valence-electron chi connectivity index (χ3n) is 2.63. The van der Waals surface area contributed by atoms with Gasteiger partial charge < -0.3 is 5.11 Å². The fraction of sp³-hybridized carbons (Fsp3) is 1.00. The Morgan fingerprint density at radius 1 is 1.29 bits per heavy atom. The Morgan fingerprint density at radius 3 is 2.18 bits per heavy atom. The van der Waals surface area contributed by atoms with Crippen LogP contribution < -0.4 is 4.72 Å². The summed E-state index contributed by atoms with van der Waals surface area (Å²) in [6, 6.07) is -0.385. The minimum atomic E-state index is -3.29. The van der Waals surface area contributed by atoms with Crippen molar-refractivity contribution in [2.45, 2.75) is 53.5 Å². The van der Waals surface area contributed by atoms with Crippen molar-refractivity contribution in [1.82, 2.24) is 4.72 Å². The molecule has 0 aromatic carbocycles. The van der Waals surface area contributed by atoms with Crippen LogP contribution in [0.3, 0.4) is 0 Å². The number of hydrogen-bond acceptors (Lipinski definition) is 3. The summed E-state index contributed by atoms with van der Waals surface area (Å²) in [5.74, 6) is 0.269. The van der Waals surface area contributed by atoms with Crippen LogP contribution in [0.1, 0.15) is 47.5 Å². The maximum absolute atomic E-state index is 11.8. The summed E-state index contributed by atoms with van der Waals surface area (Å²) in [5.41, 5.74) is -0.00765. The van der Waals surface area contributed by atoms with Crippen LogP contribution in [0.4, 0.5) is 0 Å². The van der Waals surface area contributed by atoms with Crippen LogP contribution >= 0.6 is 0 Å². The van der Waals surface area contributed by atoms with Gasteiger partial charge in [0.15, 0.2) is 0 Å². The Kier molecular flexibility index (Phi) is 6.66. The van der Waals surface area contributed by atoms with Crippen molar-refractivity contribution in [1.29, 1.82) is 0 Å². The molecule has 0 rings (SSSR count). The molecule has 0 fully saturated rings. The van der Waals surface area contributed by atoms with Gasteiger partial charge in [-0.2, -0.15) is 0 Å². The first kappa shape index (κ1) is 16.9. The molecule has 0 aliphatic carbocycles. The standard InChI is InChI=1S/C12H27NO3S/c1-6-10(2)9-17(15,16)13-11(8-14)7-12(3,4)5/h10-11,13-14H,6-9H2,1-5H3. The van der Waals surface area contributed by atoms with Gasteiger partial charge in [0.2, 0.25) is 10.0 Å². The van der Waals surface area contributed by atoms with Crippen LogP contribution in [0.5, 0.6) is 0 Å². The Morgan fingerprint density at radius 2 is 1.82 bits per heavy atom. The predicted octanol–water partition coefficient (Wildman–Crippen LogP) is 1.75. The summed E-state index contributed by atoms with van der Waals surface area (Å²) in [6.45, 7) is 9.81. The SMILES string of the molecule is CCC(C)CS(=O)(=O)NC(CO)CC(C)(C)C. The second kappa shape index (κ2) is 6.71. The van der Waals surface area contributed by atoms with Crippen molar-refractivity contribution >= 4 is 10.0 Å². The van der Waals surface area contributed by atoms with E-state index in [0.717, 1.165) is 6.42 Å². The van der Waals surface area contributed by atoms with E-state index in [1.165, 1.54) is 0 Å². The summed E-state index contributed by atoms with van der Waals surface area (Å²) in [7, 11) is -3.29. The molecular weight excluding hydrogens is 238 g/mol. The van der Waals surface area contributed by atoms with Crippen molar-refractivity contribution in [3.63, 3.8) is 0 Å². The molecule has 0 aliphatic heterocycles. The lowest BCUT2D eigenvalue weighted by Gasteiger charge is -2.25. The van der Waals surface area contributed by atoms with Gasteiger partial charge in [-0.05, 0) is 17.8 Å². The highest BCUT2D eigenvalue weighted by molar-refractivity contribution is 7.89. The smallest absolute Gasteiger partial charge is 0.212 e. The first-order valence-corrected chi connectivity index (χ1v) is 7.85. The maximum Gasteiger partial charge on any atom is 0.212 e. The lowest BCUT2D eigenvalue weighted by atomic mass is 9.89. The molecule has 104 valence electrons. The van der Waals surface area contributed by atoms with E-state index >= 15 is 0 Å². The van der Waals surface area contributed by atoms with Gasteiger partial charge in [-0.15, -0.1) is 0 Å². The number of rotatable bonds is 7. The van der Waals surface area contributed by atoms with E-state index in [-0.39, 0.29) is 29.7 Å². The largest absolute Gasteiger partial charge is 0.395 e. The van der Waals surface area contributed by atoms with Crippen LogP contribution in [0.2, 0.25) is 0 Å². The van der Waals surface area contributed by atoms with E-state index in [4.69, 9.17) is 0 Å². The molecule has 4 nitrogen and oxygen atoms in total. The van der Waals surface area contributed by atoms with Crippen LogP contribution in [0.15, 0.2) is 0 Å². The zero-order valence-electron chi connectivity index (χ0n) is 11.7. The highest BCUT2D eigenvalue weighted by atomic mass is 32.2. The molecule has 17 heavy (non-hydrogen) atoms. The molecule has 2 unspecified atom stereocenters. The van der Waals surface area contributed by atoms with Crippen molar-refractivity contribution in [2.75, 3.05) is 12.4 Å². The number of hydrogen-bond donors (Lipinski definition) is 2. The molecule has 2 atom stereocenters. The summed E-state index contributed by atoms with van der Waals surface area (Å²) in [5, 5.41) is 9.22. The zero-order chi connectivity index (χ0) is 13.7. The summed E-state index contributed by atoms with van der Waals surface area (Å²) in [6.07, 6.45) is 1.47. The average molecular weight is 265 g/mol. The fourth-order valence-electron chi connectivity index (χ4n) is 1.68. The van der Waals surface area contributed by atoms with Gasteiger partial charge in [-0.3, -0.25) is 0 Å². The average Bonchev–Trinajstić information content (AvgIpc) is 2.13. The molecule has 0 spiro atoms. The zero-order valence-corrected chi connectivity index (χ0v) is 12.5. The molecular formula is C12H27NO3S. The van der Waals surface area contributed by atoms with Gasteiger partial charge >= 0.3 is 0 Å². The van der Waals surface area contributed by atoms with E-state index in [1.807, 2.05) is 34.6 Å². The van der Waals surface area contributed by atoms with Crippen LogP contribution in [0.25, 0.3) is 0 Å². The molecule has 0 aromatic heterocycles. The number of aliphatic hydroxyl groups excluding tert-OH is 1. The summed E-state index contributed by atoms with van der Waals surface area (Å²) >= 11 is 0. The molecule has 0 saturated carbocycles. The Hall–Kier alpha value is -0.130. The minimum absolute atomic E-state index is 0.00765. The maximum atomic E-state index is 11.8. The lowest BCUT2D eigenvalue weighted by Crippen LogP contribution is -2.41. The molecule has 0 radical (unpaired) electrons. The molecule has 0 saturated heterocycles. The number of sulfonamides is 1. The summed E-state index contributed by atoms with van der Waals surface area (Å²) < 4.78 is 26.3. The highest BCUT2D eigenvalue weighted by Crippen LogP contribution is 2.21. The van der Waals surface area contributed by atoms with E-state index in [9.17, 15) is 13.5 Å². The van der Waals surface area contributed by atoms with Crippen LogP contribution in [0, 0.1) is 11.3 Å². The normalized spacial score (nSPS) is 16.8. The topological polar surface area (TPSA) is 66.4 Å². The van der Waals surface area contributed by atoms with Crippen molar-refractivity contribution < 1.29 is 13.5 Å². The fourth-order valence-corrected chi connectivity index (χ4v) is 3.42. The van der Waals surface area contributed by atoms with Gasteiger partial charge in [0, 0.05) is 6.04 Å². The second-order valence-corrected chi connectivity index (χ2v) is 7.86. The first-order chi connectivity index (χ1) is 7.59. The lowest BCUT2D eigenvalue weighted by molar-refractivity contribution is 0.214. The van der Waals surface area contributed by atoms with Gasteiger partial charge in [0.05, 0.1) is 12.4 Å². The van der Waals surface area contributed by atoms with Crippen molar-refractivity contribution in [3.8, 4) is 0 Å². The van der Waals surface area contributed by atoms with E-state index in [0.29, 0.717) is 6.42 Å². The Balaban J connectivity index is 4.46. The van der Waals surface area contributed by atoms with E-state index in [2.05, 4.69) is 4.72 Å². The highest BCUT2D eigenvalue weighted by Gasteiger charge is 2.23. The Labute approximate surface area is 106 Å². The first-order valence-electron chi connectivity index (χ1n) is 6.20. The second-order valence-electron chi connectivity index (χ2n) is 6.06. The number of nitrogens with one attached hydrogen (secondary N) is 1. The molecule has 5 heteroatoms. The molecule has 0 aromatic rings. The quantitative estimate of drug-likeness (QED) is 0.737. The van der Waals surface area contributed by atoms with Crippen molar-refractivity contribution in [3.05, 3.63) is 0 Å². The van der Waals surface area contributed by atoms with Gasteiger partial charge in [0.25, 0.3) is 0 Å². The van der Waals surface area contributed by atoms with Crippen LogP contribution in [-0.4, -0.2) is 31.9 Å². The third kappa shape index (κ3) is 8.57. The third-order valence-corrected chi connectivity index (χ3v) is 4.33. The van der Waals surface area contributed by atoms with Crippen LogP contribution in [-0.2, 0) is 10.0 Å². The molecule has 0 amide bonds. The predicted molar refractivity (Wildman–Crippen MR) is 71.3 cm³/mol. The molecule has 0 aliphatic rings. The molecule has 0 heterocycles. The number of aliphatic hydroxyl groups is 1. The van der Waals surface area contributed by atoms with Gasteiger partial charge in [0.1, 0.15) is 0 Å². The van der Waals surface area contributed by atoms with E-state index in [1.54, 1.807) is 0 Å². The van der Waals surface area contributed by atoms with Gasteiger partial charge in [-0.1, -0.05) is 41.0 Å². The molecule has 2 N–H and O–H groups in total. The molecule has 0 bridgehead atoms. The van der Waals surface area contributed by atoms with Crippen molar-refractivity contribution in [2.24, 2.45) is 11.3 Å². The monoisotopic (exact) mass is 265 g/mol. The van der Waals surface area contributed by atoms with Gasteiger partial charge in [-0.25, -0.2) is 13.1 Å². The Bertz CT molecular complexity index is 306. The van der Waals surface area contributed by atoms with E-state index < -0.39 is 10.0 Å². The minimum Gasteiger partial charge on any atom is -0.395 e.